The van der Waals surface area contributed by atoms with Gasteiger partial charge in [-0.15, -0.1) is 11.3 Å². The fraction of sp³-hybridized carbons (Fsp3) is 0.118. The van der Waals surface area contributed by atoms with Crippen molar-refractivity contribution in [3.05, 3.63) is 56.1 Å². The lowest BCUT2D eigenvalue weighted by atomic mass is 10.3. The van der Waals surface area contributed by atoms with Crippen LogP contribution in [0.25, 0.3) is 10.6 Å². The van der Waals surface area contributed by atoms with E-state index in [1.165, 1.54) is 11.3 Å². The summed E-state index contributed by atoms with van der Waals surface area (Å²) in [5, 5.41) is 7.37. The quantitative estimate of drug-likeness (QED) is 0.586. The second-order valence-corrected chi connectivity index (χ2v) is 7.77. The number of hydrogen-bond donors (Lipinski definition) is 1. The molecule has 8 heteroatoms. The maximum absolute atomic E-state index is 12.2. The second kappa shape index (κ2) is 7.90. The lowest BCUT2D eigenvalue weighted by Crippen LogP contribution is -2.20. The number of benzene rings is 1. The van der Waals surface area contributed by atoms with E-state index in [0.717, 1.165) is 15.0 Å². The van der Waals surface area contributed by atoms with E-state index in [1.54, 1.807) is 30.4 Å². The van der Waals surface area contributed by atoms with Crippen LogP contribution in [0.5, 0.6) is 0 Å². The van der Waals surface area contributed by atoms with Gasteiger partial charge >= 0.3 is 5.97 Å². The third kappa shape index (κ3) is 4.53. The van der Waals surface area contributed by atoms with E-state index in [2.05, 4.69) is 26.2 Å². The molecule has 3 aromatic rings. The zero-order valence-electron chi connectivity index (χ0n) is 13.1. The van der Waals surface area contributed by atoms with E-state index in [9.17, 15) is 9.59 Å². The molecule has 0 radical (unpaired) electrons. The molecule has 5 nitrogen and oxygen atoms in total. The Kier molecular flexibility index (Phi) is 5.62. The van der Waals surface area contributed by atoms with Crippen LogP contribution in [0.4, 0.5) is 5.69 Å². The molecule has 3 rings (SSSR count). The summed E-state index contributed by atoms with van der Waals surface area (Å²) >= 11 is 6.16. The SMILES string of the molecule is Cc1nc(-c2ccsc2)sc1C(=O)OCC(=O)Nc1ccc(Br)cc1. The fourth-order valence-electron chi connectivity index (χ4n) is 2.02. The van der Waals surface area contributed by atoms with Gasteiger partial charge in [-0.3, -0.25) is 4.79 Å². The first-order valence-electron chi connectivity index (χ1n) is 7.25. The van der Waals surface area contributed by atoms with Crippen molar-refractivity contribution in [1.29, 1.82) is 0 Å². The molecule has 128 valence electrons. The molecule has 0 aliphatic heterocycles. The van der Waals surface area contributed by atoms with E-state index in [-0.39, 0.29) is 6.61 Å². The van der Waals surface area contributed by atoms with Crippen molar-refractivity contribution in [2.45, 2.75) is 6.92 Å². The van der Waals surface area contributed by atoms with Gasteiger partial charge in [-0.25, -0.2) is 9.78 Å². The average molecular weight is 437 g/mol. The van der Waals surface area contributed by atoms with Gasteiger partial charge in [0.1, 0.15) is 9.88 Å². The maximum atomic E-state index is 12.2. The Morgan fingerprint density at radius 3 is 2.68 bits per heavy atom. The maximum Gasteiger partial charge on any atom is 0.350 e. The highest BCUT2D eigenvalue weighted by Crippen LogP contribution is 2.29. The number of halogens is 1. The molecule has 1 amide bonds. The van der Waals surface area contributed by atoms with Crippen molar-refractivity contribution in [2.75, 3.05) is 11.9 Å². The minimum absolute atomic E-state index is 0.347. The highest BCUT2D eigenvalue weighted by atomic mass is 79.9. The fourth-order valence-corrected chi connectivity index (χ4v) is 3.96. The lowest BCUT2D eigenvalue weighted by Gasteiger charge is -2.06. The van der Waals surface area contributed by atoms with E-state index in [4.69, 9.17) is 4.74 Å². The number of carbonyl (C=O) groups excluding carboxylic acids is 2. The third-order valence-electron chi connectivity index (χ3n) is 3.21. The first-order valence-corrected chi connectivity index (χ1v) is 9.80. The van der Waals surface area contributed by atoms with Gasteiger partial charge in [0.05, 0.1) is 5.69 Å². The Hall–Kier alpha value is -2.03. The van der Waals surface area contributed by atoms with Crippen LogP contribution in [0.15, 0.2) is 45.6 Å². The van der Waals surface area contributed by atoms with Crippen molar-refractivity contribution in [3.63, 3.8) is 0 Å². The number of amides is 1. The van der Waals surface area contributed by atoms with Gasteiger partial charge in [0.25, 0.3) is 5.91 Å². The van der Waals surface area contributed by atoms with E-state index >= 15 is 0 Å². The summed E-state index contributed by atoms with van der Waals surface area (Å²) in [5.41, 5.74) is 2.22. The average Bonchev–Trinajstić information content (AvgIpc) is 3.24. The molecule has 25 heavy (non-hydrogen) atoms. The molecule has 0 fully saturated rings. The van der Waals surface area contributed by atoms with Crippen LogP contribution in [0.2, 0.25) is 0 Å². The predicted molar refractivity (Wildman–Crippen MR) is 103 cm³/mol. The summed E-state index contributed by atoms with van der Waals surface area (Å²) in [5.74, 6) is -0.932. The number of carbonyl (C=O) groups is 2. The van der Waals surface area contributed by atoms with E-state index in [0.29, 0.717) is 16.3 Å². The van der Waals surface area contributed by atoms with Crippen molar-refractivity contribution < 1.29 is 14.3 Å². The Morgan fingerprint density at radius 2 is 2.00 bits per heavy atom. The normalized spacial score (nSPS) is 10.5. The number of thiazole rings is 1. The van der Waals surface area contributed by atoms with Gasteiger partial charge in [0, 0.05) is 21.1 Å². The summed E-state index contributed by atoms with van der Waals surface area (Å²) < 4.78 is 6.03. The van der Waals surface area contributed by atoms with Crippen molar-refractivity contribution in [2.24, 2.45) is 0 Å². The third-order valence-corrected chi connectivity index (χ3v) is 5.61. The van der Waals surface area contributed by atoms with Crippen LogP contribution in [0, 0.1) is 6.92 Å². The minimum atomic E-state index is -0.539. The summed E-state index contributed by atoms with van der Waals surface area (Å²) in [6.07, 6.45) is 0. The van der Waals surface area contributed by atoms with E-state index in [1.807, 2.05) is 29.0 Å². The van der Waals surface area contributed by atoms with Crippen molar-refractivity contribution in [3.8, 4) is 10.6 Å². The molecular weight excluding hydrogens is 424 g/mol. The molecule has 0 aliphatic rings. The van der Waals surface area contributed by atoms with Crippen LogP contribution in [-0.4, -0.2) is 23.5 Å². The number of hydrogen-bond acceptors (Lipinski definition) is 6. The molecule has 2 aromatic heterocycles. The molecule has 0 spiro atoms. The number of nitrogens with one attached hydrogen (secondary N) is 1. The van der Waals surface area contributed by atoms with Gasteiger partial charge < -0.3 is 10.1 Å². The van der Waals surface area contributed by atoms with Crippen molar-refractivity contribution in [1.82, 2.24) is 4.98 Å². The smallest absolute Gasteiger partial charge is 0.350 e. The molecule has 0 unspecified atom stereocenters. The summed E-state index contributed by atoms with van der Waals surface area (Å²) in [6, 6.07) is 9.08. The van der Waals surface area contributed by atoms with Gasteiger partial charge in [0.2, 0.25) is 0 Å². The first-order chi connectivity index (χ1) is 12.0. The summed E-state index contributed by atoms with van der Waals surface area (Å²) in [4.78, 5) is 28.9. The Bertz CT molecular complexity index is 889. The molecule has 0 saturated carbocycles. The summed E-state index contributed by atoms with van der Waals surface area (Å²) in [7, 11) is 0. The first kappa shape index (κ1) is 17.8. The van der Waals surface area contributed by atoms with Crippen LogP contribution in [0.1, 0.15) is 15.4 Å². The highest BCUT2D eigenvalue weighted by molar-refractivity contribution is 9.10. The number of nitrogens with zero attached hydrogens (tertiary/aromatic N) is 1. The lowest BCUT2D eigenvalue weighted by molar-refractivity contribution is -0.119. The molecule has 0 saturated heterocycles. The summed E-state index contributed by atoms with van der Waals surface area (Å²) in [6.45, 7) is 1.41. The number of aromatic nitrogens is 1. The number of ether oxygens (including phenoxy) is 1. The standard InChI is InChI=1S/C17H13BrN2O3S2/c1-10-15(25-16(19-10)11-6-7-24-9-11)17(22)23-8-14(21)20-13-4-2-12(18)3-5-13/h2-7,9H,8H2,1H3,(H,20,21). The number of esters is 1. The molecule has 2 heterocycles. The monoisotopic (exact) mass is 436 g/mol. The zero-order chi connectivity index (χ0) is 17.8. The van der Waals surface area contributed by atoms with Gasteiger partial charge in [0.15, 0.2) is 6.61 Å². The molecular formula is C17H13BrN2O3S2. The zero-order valence-corrected chi connectivity index (χ0v) is 16.3. The Balaban J connectivity index is 1.59. The predicted octanol–water partition coefficient (Wildman–Crippen LogP) is 4.74. The number of rotatable bonds is 5. The second-order valence-electron chi connectivity index (χ2n) is 5.08. The van der Waals surface area contributed by atoms with Crippen LogP contribution in [-0.2, 0) is 9.53 Å². The van der Waals surface area contributed by atoms with Gasteiger partial charge in [-0.05, 0) is 42.6 Å². The number of aryl methyl sites for hydroxylation is 1. The Labute approximate surface area is 160 Å². The topological polar surface area (TPSA) is 68.3 Å². The Morgan fingerprint density at radius 1 is 1.24 bits per heavy atom. The number of anilines is 1. The molecule has 0 aliphatic carbocycles. The van der Waals surface area contributed by atoms with E-state index < -0.39 is 11.9 Å². The minimum Gasteiger partial charge on any atom is -0.451 e. The molecule has 0 atom stereocenters. The van der Waals surface area contributed by atoms with Crippen LogP contribution >= 0.6 is 38.6 Å². The van der Waals surface area contributed by atoms with Gasteiger partial charge in [-0.1, -0.05) is 15.9 Å². The molecule has 0 bridgehead atoms. The van der Waals surface area contributed by atoms with Crippen molar-refractivity contribution >= 4 is 56.2 Å². The highest BCUT2D eigenvalue weighted by Gasteiger charge is 2.18. The van der Waals surface area contributed by atoms with Crippen LogP contribution < -0.4 is 5.32 Å². The van der Waals surface area contributed by atoms with Crippen LogP contribution in [0.3, 0.4) is 0 Å². The largest absolute Gasteiger partial charge is 0.451 e. The molecule has 1 N–H and O–H groups in total. The van der Waals surface area contributed by atoms with Gasteiger partial charge in [-0.2, -0.15) is 11.3 Å². The number of thiophene rings is 1. The molecule has 1 aromatic carbocycles.